The van der Waals surface area contributed by atoms with E-state index in [0.29, 0.717) is 25.7 Å². The van der Waals surface area contributed by atoms with E-state index in [1.165, 1.54) is 6.42 Å². The molecule has 1 amide bonds. The van der Waals surface area contributed by atoms with Crippen LogP contribution in [0.4, 0.5) is 0 Å². The molecule has 0 spiro atoms. The van der Waals surface area contributed by atoms with Crippen LogP contribution in [-0.2, 0) is 11.2 Å². The number of amides is 1. The summed E-state index contributed by atoms with van der Waals surface area (Å²) in [5.41, 5.74) is 1.14. The van der Waals surface area contributed by atoms with Gasteiger partial charge in [0.1, 0.15) is 13.2 Å². The molecule has 1 aliphatic carbocycles. The molecule has 2 aliphatic rings. The Labute approximate surface area is 119 Å². The molecule has 1 aromatic carbocycles. The van der Waals surface area contributed by atoms with Crippen LogP contribution in [0.5, 0.6) is 11.5 Å². The van der Waals surface area contributed by atoms with Crippen LogP contribution in [0, 0.1) is 0 Å². The Morgan fingerprint density at radius 1 is 1.25 bits per heavy atom. The number of ether oxygens (including phenoxy) is 2. The summed E-state index contributed by atoms with van der Waals surface area (Å²) in [5, 5.41) is 3.07. The highest BCUT2D eigenvalue weighted by Gasteiger charge is 2.19. The number of para-hydroxylation sites is 1. The summed E-state index contributed by atoms with van der Waals surface area (Å²) in [6.45, 7) is 1.21. The Balaban J connectivity index is 1.49. The van der Waals surface area contributed by atoms with Gasteiger partial charge in [-0.2, -0.15) is 0 Å². The highest BCUT2D eigenvalue weighted by atomic mass is 16.6. The summed E-state index contributed by atoms with van der Waals surface area (Å²) in [4.78, 5) is 11.8. The fraction of sp³-hybridized carbons (Fsp3) is 0.562. The van der Waals surface area contributed by atoms with Crippen molar-refractivity contribution in [1.29, 1.82) is 0 Å². The van der Waals surface area contributed by atoms with Gasteiger partial charge in [0.25, 0.3) is 0 Å². The third-order valence-corrected chi connectivity index (χ3v) is 3.97. The minimum Gasteiger partial charge on any atom is -0.486 e. The predicted molar refractivity (Wildman–Crippen MR) is 76.2 cm³/mol. The Bertz CT molecular complexity index is 483. The van der Waals surface area contributed by atoms with Crippen molar-refractivity contribution < 1.29 is 14.3 Å². The molecule has 1 fully saturated rings. The zero-order valence-corrected chi connectivity index (χ0v) is 11.7. The number of rotatable bonds is 5. The lowest BCUT2D eigenvalue weighted by Gasteiger charge is -2.26. The number of nitrogens with one attached hydrogen (secondary N) is 1. The Kier molecular flexibility index (Phi) is 4.09. The lowest BCUT2D eigenvalue weighted by molar-refractivity contribution is -0.122. The van der Waals surface area contributed by atoms with Crippen LogP contribution >= 0.6 is 0 Å². The maximum Gasteiger partial charge on any atom is 0.220 e. The van der Waals surface area contributed by atoms with Gasteiger partial charge in [0.2, 0.25) is 5.91 Å². The number of aryl methyl sites for hydroxylation is 1. The first-order chi connectivity index (χ1) is 9.83. The van der Waals surface area contributed by atoms with Gasteiger partial charge in [-0.25, -0.2) is 0 Å². The first-order valence-corrected chi connectivity index (χ1v) is 7.50. The number of hydrogen-bond donors (Lipinski definition) is 1. The van der Waals surface area contributed by atoms with Crippen molar-refractivity contribution >= 4 is 5.91 Å². The first kappa shape index (κ1) is 13.3. The monoisotopic (exact) mass is 275 g/mol. The standard InChI is InChI=1S/C16H21NO3/c18-15(17-13-6-3-7-13)9-2-5-12-4-1-8-14-16(12)20-11-10-19-14/h1,4,8,13H,2-3,5-7,9-11H2,(H,17,18). The summed E-state index contributed by atoms with van der Waals surface area (Å²) in [5.74, 6) is 1.86. The number of carbonyl (C=O) groups excluding carboxylic acids is 1. The van der Waals surface area contributed by atoms with Crippen LogP contribution < -0.4 is 14.8 Å². The van der Waals surface area contributed by atoms with Crippen molar-refractivity contribution in [3.63, 3.8) is 0 Å². The summed E-state index contributed by atoms with van der Waals surface area (Å²) in [6.07, 6.45) is 5.81. The zero-order valence-electron chi connectivity index (χ0n) is 11.7. The SMILES string of the molecule is O=C(CCCc1cccc2c1OCCO2)NC1CCC1. The van der Waals surface area contributed by atoms with Gasteiger partial charge in [0, 0.05) is 12.5 Å². The van der Waals surface area contributed by atoms with E-state index in [0.717, 1.165) is 42.7 Å². The highest BCUT2D eigenvalue weighted by Crippen LogP contribution is 2.34. The second kappa shape index (κ2) is 6.16. The van der Waals surface area contributed by atoms with Crippen LogP contribution in [0.15, 0.2) is 18.2 Å². The van der Waals surface area contributed by atoms with E-state index in [1.54, 1.807) is 0 Å². The second-order valence-corrected chi connectivity index (χ2v) is 5.49. The Hall–Kier alpha value is -1.71. The summed E-state index contributed by atoms with van der Waals surface area (Å²) < 4.78 is 11.2. The molecule has 0 atom stereocenters. The topological polar surface area (TPSA) is 47.6 Å². The predicted octanol–water partition coefficient (Wildman–Crippen LogP) is 2.45. The smallest absolute Gasteiger partial charge is 0.220 e. The van der Waals surface area contributed by atoms with Crippen molar-refractivity contribution in [3.05, 3.63) is 23.8 Å². The maximum atomic E-state index is 11.8. The minimum atomic E-state index is 0.177. The maximum absolute atomic E-state index is 11.8. The molecule has 4 nitrogen and oxygen atoms in total. The van der Waals surface area contributed by atoms with Gasteiger partial charge in [-0.3, -0.25) is 4.79 Å². The Morgan fingerprint density at radius 2 is 2.10 bits per heavy atom. The average Bonchev–Trinajstić information content (AvgIpc) is 2.43. The molecule has 0 radical (unpaired) electrons. The second-order valence-electron chi connectivity index (χ2n) is 5.49. The van der Waals surface area contributed by atoms with E-state index in [2.05, 4.69) is 11.4 Å². The van der Waals surface area contributed by atoms with E-state index in [4.69, 9.17) is 9.47 Å². The van der Waals surface area contributed by atoms with Gasteiger partial charge in [-0.1, -0.05) is 12.1 Å². The average molecular weight is 275 g/mol. The fourth-order valence-corrected chi connectivity index (χ4v) is 2.62. The zero-order chi connectivity index (χ0) is 13.8. The number of benzene rings is 1. The van der Waals surface area contributed by atoms with Crippen LogP contribution in [-0.4, -0.2) is 25.2 Å². The van der Waals surface area contributed by atoms with Crippen molar-refractivity contribution in [2.24, 2.45) is 0 Å². The summed E-state index contributed by atoms with van der Waals surface area (Å²) in [6, 6.07) is 6.40. The van der Waals surface area contributed by atoms with Gasteiger partial charge in [-0.15, -0.1) is 0 Å². The van der Waals surface area contributed by atoms with E-state index in [1.807, 2.05) is 12.1 Å². The van der Waals surface area contributed by atoms with E-state index in [-0.39, 0.29) is 5.91 Å². The molecule has 1 saturated carbocycles. The summed E-state index contributed by atoms with van der Waals surface area (Å²) in [7, 11) is 0. The molecule has 3 rings (SSSR count). The summed E-state index contributed by atoms with van der Waals surface area (Å²) >= 11 is 0. The first-order valence-electron chi connectivity index (χ1n) is 7.50. The molecule has 4 heteroatoms. The lowest BCUT2D eigenvalue weighted by atomic mass is 9.93. The van der Waals surface area contributed by atoms with E-state index < -0.39 is 0 Å². The minimum absolute atomic E-state index is 0.177. The van der Waals surface area contributed by atoms with Gasteiger partial charge in [0.15, 0.2) is 11.5 Å². The molecule has 1 aromatic rings. The molecule has 108 valence electrons. The molecule has 0 unspecified atom stereocenters. The van der Waals surface area contributed by atoms with E-state index in [9.17, 15) is 4.79 Å². The molecule has 0 aromatic heterocycles. The van der Waals surface area contributed by atoms with Crippen LogP contribution in [0.3, 0.4) is 0 Å². The lowest BCUT2D eigenvalue weighted by Crippen LogP contribution is -2.39. The molecular formula is C16H21NO3. The molecule has 0 bridgehead atoms. The highest BCUT2D eigenvalue weighted by molar-refractivity contribution is 5.76. The van der Waals surface area contributed by atoms with Gasteiger partial charge < -0.3 is 14.8 Å². The van der Waals surface area contributed by atoms with Crippen molar-refractivity contribution in [2.75, 3.05) is 13.2 Å². The van der Waals surface area contributed by atoms with E-state index >= 15 is 0 Å². The third-order valence-electron chi connectivity index (χ3n) is 3.97. The van der Waals surface area contributed by atoms with Gasteiger partial charge >= 0.3 is 0 Å². The molecule has 20 heavy (non-hydrogen) atoms. The third kappa shape index (κ3) is 3.06. The fourth-order valence-electron chi connectivity index (χ4n) is 2.62. The van der Waals surface area contributed by atoms with Crippen LogP contribution in [0.2, 0.25) is 0 Å². The number of hydrogen-bond acceptors (Lipinski definition) is 3. The quantitative estimate of drug-likeness (QED) is 0.898. The molecule has 0 saturated heterocycles. The molecular weight excluding hydrogens is 254 g/mol. The largest absolute Gasteiger partial charge is 0.486 e. The van der Waals surface area contributed by atoms with Crippen molar-refractivity contribution in [2.45, 2.75) is 44.6 Å². The van der Waals surface area contributed by atoms with Crippen LogP contribution in [0.1, 0.15) is 37.7 Å². The van der Waals surface area contributed by atoms with Gasteiger partial charge in [-0.05, 0) is 43.7 Å². The van der Waals surface area contributed by atoms with Crippen LogP contribution in [0.25, 0.3) is 0 Å². The molecule has 1 aliphatic heterocycles. The Morgan fingerprint density at radius 3 is 2.90 bits per heavy atom. The van der Waals surface area contributed by atoms with Crippen molar-refractivity contribution in [3.8, 4) is 11.5 Å². The normalized spacial score (nSPS) is 17.4. The van der Waals surface area contributed by atoms with Crippen molar-refractivity contribution in [1.82, 2.24) is 5.32 Å². The number of fused-ring (bicyclic) bond motifs is 1. The number of carbonyl (C=O) groups is 1. The molecule has 1 heterocycles. The van der Waals surface area contributed by atoms with Gasteiger partial charge in [0.05, 0.1) is 0 Å². The molecule has 1 N–H and O–H groups in total.